The van der Waals surface area contributed by atoms with Gasteiger partial charge in [-0.05, 0) is 123 Å². The van der Waals surface area contributed by atoms with Crippen LogP contribution in [0, 0.1) is 46.6 Å². The van der Waals surface area contributed by atoms with Crippen LogP contribution in [0.5, 0.6) is 5.75 Å². The van der Waals surface area contributed by atoms with Crippen molar-refractivity contribution in [2.75, 3.05) is 0 Å². The lowest BCUT2D eigenvalue weighted by Crippen LogP contribution is -2.37. The minimum Gasteiger partial charge on any atom is -0.432 e. The van der Waals surface area contributed by atoms with E-state index in [4.69, 9.17) is 10.00 Å². The van der Waals surface area contributed by atoms with E-state index in [1.807, 2.05) is 6.07 Å². The van der Waals surface area contributed by atoms with E-state index in [9.17, 15) is 13.2 Å². The largest absolute Gasteiger partial charge is 0.432 e. The van der Waals surface area contributed by atoms with Crippen LogP contribution in [0.2, 0.25) is 0 Å². The van der Waals surface area contributed by atoms with Crippen molar-refractivity contribution >= 4 is 0 Å². The van der Waals surface area contributed by atoms with E-state index in [1.165, 1.54) is 70.3 Å². The van der Waals surface area contributed by atoms with Gasteiger partial charge in [0.05, 0.1) is 11.5 Å². The minimum atomic E-state index is -3.47. The molecule has 6 heteroatoms. The second-order valence-corrected chi connectivity index (χ2v) is 13.6. The quantitative estimate of drug-likeness (QED) is 0.202. The molecule has 0 aliphatic heterocycles. The number of halogens is 4. The molecule has 3 aliphatic rings. The van der Waals surface area contributed by atoms with Crippen LogP contribution in [-0.2, 0) is 0 Å². The highest BCUT2D eigenvalue weighted by Gasteiger charge is 2.44. The third-order valence-corrected chi connectivity index (χ3v) is 11.0. The molecule has 0 radical (unpaired) electrons. The summed E-state index contributed by atoms with van der Waals surface area (Å²) in [6, 6.07) is 10.5. The van der Waals surface area contributed by atoms with Gasteiger partial charge in [0.1, 0.15) is 23.5 Å². The zero-order valence-corrected chi connectivity index (χ0v) is 25.6. The van der Waals surface area contributed by atoms with Crippen molar-refractivity contribution in [2.24, 2.45) is 23.7 Å². The first-order valence-corrected chi connectivity index (χ1v) is 16.8. The molecule has 0 N–H and O–H groups in total. The first kappa shape index (κ1) is 31.9. The molecule has 0 saturated heterocycles. The van der Waals surface area contributed by atoms with Gasteiger partial charge in [-0.2, -0.15) is 14.0 Å². The number of unbranched alkanes of at least 4 members (excludes halogenated alkanes) is 2. The molecular formula is C37H47F4NO. The Kier molecular flexibility index (Phi) is 10.7. The first-order chi connectivity index (χ1) is 20.8. The lowest BCUT2D eigenvalue weighted by Gasteiger charge is -2.38. The van der Waals surface area contributed by atoms with Gasteiger partial charge in [0.2, 0.25) is 0 Å². The van der Waals surface area contributed by atoms with Gasteiger partial charge in [-0.25, -0.2) is 8.78 Å². The number of alkyl halides is 2. The summed E-state index contributed by atoms with van der Waals surface area (Å²) >= 11 is 0. The van der Waals surface area contributed by atoms with E-state index in [-0.39, 0.29) is 35.9 Å². The van der Waals surface area contributed by atoms with Gasteiger partial charge in [0.15, 0.2) is 0 Å². The zero-order chi connectivity index (χ0) is 30.4. The van der Waals surface area contributed by atoms with Crippen molar-refractivity contribution < 1.29 is 22.3 Å². The lowest BCUT2D eigenvalue weighted by atomic mass is 9.68. The van der Waals surface area contributed by atoms with Crippen molar-refractivity contribution in [2.45, 2.75) is 128 Å². The first-order valence-electron chi connectivity index (χ1n) is 16.8. The Morgan fingerprint density at radius 1 is 0.767 bits per heavy atom. The van der Waals surface area contributed by atoms with E-state index in [0.717, 1.165) is 48.3 Å². The number of ether oxygens (including phenoxy) is 1. The summed E-state index contributed by atoms with van der Waals surface area (Å²) in [5.41, 5.74) is 1.50. The number of hydrogen-bond acceptors (Lipinski definition) is 2. The van der Waals surface area contributed by atoms with E-state index in [0.29, 0.717) is 24.3 Å². The van der Waals surface area contributed by atoms with Crippen molar-refractivity contribution in [1.82, 2.24) is 0 Å². The Hall–Kier alpha value is -2.55. The highest BCUT2D eigenvalue weighted by atomic mass is 19.3. The molecule has 0 spiro atoms. The summed E-state index contributed by atoms with van der Waals surface area (Å²) in [5, 5.41) is 8.85. The van der Waals surface area contributed by atoms with Gasteiger partial charge in [-0.1, -0.05) is 57.6 Å². The highest BCUT2D eigenvalue weighted by molar-refractivity contribution is 5.36. The van der Waals surface area contributed by atoms with Crippen molar-refractivity contribution in [3.8, 4) is 11.8 Å². The Labute approximate surface area is 255 Å². The SMILES string of the molecule is CCCCCC1CCC(C2CCC(c3ccc(C4CCC(C(F)(F)Oc5ccc(C#N)c(F)c5)CC4)c(F)c3)CC2)CC1. The molecule has 0 bridgehead atoms. The fourth-order valence-corrected chi connectivity index (χ4v) is 8.31. The lowest BCUT2D eigenvalue weighted by molar-refractivity contribution is -0.222. The summed E-state index contributed by atoms with van der Waals surface area (Å²) in [5.74, 6) is 0.527. The van der Waals surface area contributed by atoms with Gasteiger partial charge in [0, 0.05) is 6.07 Å². The standard InChI is InChI=1S/C37H47F4NO/c1-2-3-4-5-25-6-8-26(9-7-25)27-10-12-28(13-11-27)30-17-21-34(36(39)22-30)29-14-18-32(19-15-29)37(40,41)43-33-20-16-31(24-42)35(38)23-33/h16-17,20-23,25-29,32H,2-15,18-19H2,1H3. The summed E-state index contributed by atoms with van der Waals surface area (Å²) in [7, 11) is 0. The average molecular weight is 598 g/mol. The molecule has 2 aromatic rings. The maximum atomic E-state index is 15.4. The maximum absolute atomic E-state index is 15.4. The fraction of sp³-hybridized carbons (Fsp3) is 0.649. The molecule has 43 heavy (non-hydrogen) atoms. The van der Waals surface area contributed by atoms with Crippen LogP contribution in [0.4, 0.5) is 17.6 Å². The molecule has 3 saturated carbocycles. The molecule has 0 amide bonds. The summed E-state index contributed by atoms with van der Waals surface area (Å²) in [4.78, 5) is 0. The van der Waals surface area contributed by atoms with Crippen LogP contribution in [-0.4, -0.2) is 6.11 Å². The molecule has 2 nitrogen and oxygen atoms in total. The third-order valence-electron chi connectivity index (χ3n) is 11.0. The number of rotatable bonds is 10. The van der Waals surface area contributed by atoms with E-state index >= 15 is 4.39 Å². The van der Waals surface area contributed by atoms with Crippen LogP contribution in [0.25, 0.3) is 0 Å². The monoisotopic (exact) mass is 597 g/mol. The number of nitriles is 1. The minimum absolute atomic E-state index is 0.0960. The van der Waals surface area contributed by atoms with E-state index in [1.54, 1.807) is 12.1 Å². The molecule has 3 aliphatic carbocycles. The van der Waals surface area contributed by atoms with Crippen LogP contribution >= 0.6 is 0 Å². The van der Waals surface area contributed by atoms with Crippen LogP contribution in [0.1, 0.15) is 138 Å². The van der Waals surface area contributed by atoms with Gasteiger partial charge in [-0.3, -0.25) is 0 Å². The van der Waals surface area contributed by atoms with Crippen LogP contribution in [0.15, 0.2) is 36.4 Å². The van der Waals surface area contributed by atoms with Crippen molar-refractivity contribution in [3.05, 3.63) is 64.7 Å². The summed E-state index contributed by atoms with van der Waals surface area (Å²) in [6.07, 6.45) is 13.7. The molecule has 3 fully saturated rings. The summed E-state index contributed by atoms with van der Waals surface area (Å²) in [6.45, 7) is 2.28. The number of nitrogens with zero attached hydrogens (tertiary/aromatic N) is 1. The fourth-order valence-electron chi connectivity index (χ4n) is 8.31. The van der Waals surface area contributed by atoms with Crippen molar-refractivity contribution in [3.63, 3.8) is 0 Å². The smallest absolute Gasteiger partial charge is 0.400 e. The highest BCUT2D eigenvalue weighted by Crippen LogP contribution is 2.46. The molecule has 0 atom stereocenters. The van der Waals surface area contributed by atoms with Crippen LogP contribution in [0.3, 0.4) is 0 Å². The predicted molar refractivity (Wildman–Crippen MR) is 162 cm³/mol. The molecular weight excluding hydrogens is 550 g/mol. The number of hydrogen-bond donors (Lipinski definition) is 0. The average Bonchev–Trinajstić information content (AvgIpc) is 3.02. The van der Waals surface area contributed by atoms with Gasteiger partial charge < -0.3 is 4.74 Å². The predicted octanol–water partition coefficient (Wildman–Crippen LogP) is 11.4. The topological polar surface area (TPSA) is 33.0 Å². The normalized spacial score (nSPS) is 28.3. The van der Waals surface area contributed by atoms with E-state index in [2.05, 4.69) is 13.0 Å². The molecule has 0 heterocycles. The molecule has 234 valence electrons. The molecule has 0 unspecified atom stereocenters. The Bertz CT molecular complexity index is 1230. The van der Waals surface area contributed by atoms with Gasteiger partial charge >= 0.3 is 6.11 Å². The Morgan fingerprint density at radius 3 is 2.02 bits per heavy atom. The third kappa shape index (κ3) is 7.95. The Morgan fingerprint density at radius 2 is 1.42 bits per heavy atom. The Balaban J connectivity index is 1.09. The molecule has 5 rings (SSSR count). The molecule has 2 aromatic carbocycles. The maximum Gasteiger partial charge on any atom is 0.400 e. The number of benzene rings is 2. The second kappa shape index (κ2) is 14.5. The van der Waals surface area contributed by atoms with Crippen molar-refractivity contribution in [1.29, 1.82) is 5.26 Å². The van der Waals surface area contributed by atoms with Gasteiger partial charge in [-0.15, -0.1) is 0 Å². The van der Waals surface area contributed by atoms with Gasteiger partial charge in [0.25, 0.3) is 0 Å². The van der Waals surface area contributed by atoms with Crippen LogP contribution < -0.4 is 4.74 Å². The molecule has 0 aromatic heterocycles. The second-order valence-electron chi connectivity index (χ2n) is 13.6. The zero-order valence-electron chi connectivity index (χ0n) is 25.6. The summed E-state index contributed by atoms with van der Waals surface area (Å²) < 4.78 is 64.0. The van der Waals surface area contributed by atoms with E-state index < -0.39 is 17.8 Å².